The van der Waals surface area contributed by atoms with E-state index in [1.165, 1.54) is 25.3 Å². The van der Waals surface area contributed by atoms with Gasteiger partial charge >= 0.3 is 0 Å². The molecule has 1 amide bonds. The number of aromatic nitrogens is 1. The van der Waals surface area contributed by atoms with Gasteiger partial charge in [-0.1, -0.05) is 23.4 Å². The minimum Gasteiger partial charge on any atom is -0.493 e. The van der Waals surface area contributed by atoms with Gasteiger partial charge in [0.2, 0.25) is 5.91 Å². The zero-order valence-corrected chi connectivity index (χ0v) is 20.0. The molecule has 2 heterocycles. The molecule has 4 rings (SSSR count). The van der Waals surface area contributed by atoms with Crippen LogP contribution < -0.4 is 19.7 Å². The number of benzene rings is 2. The Morgan fingerprint density at radius 2 is 1.91 bits per heavy atom. The molecule has 34 heavy (non-hydrogen) atoms. The zero-order valence-electron chi connectivity index (χ0n) is 20.0. The lowest BCUT2D eigenvalue weighted by atomic mass is 10.1. The van der Waals surface area contributed by atoms with E-state index in [2.05, 4.69) is 21.4 Å². The monoisotopic (exact) mass is 461 g/mol. The zero-order chi connectivity index (χ0) is 23.9. The molecule has 1 fully saturated rings. The Labute approximate surface area is 200 Å². The van der Waals surface area contributed by atoms with Crippen molar-refractivity contribution in [2.45, 2.75) is 39.7 Å². The second-order valence-corrected chi connectivity index (χ2v) is 8.39. The highest BCUT2D eigenvalue weighted by molar-refractivity contribution is 6.03. The summed E-state index contributed by atoms with van der Waals surface area (Å²) in [4.78, 5) is 15.0. The Hall–Kier alpha value is -3.74. The van der Waals surface area contributed by atoms with Crippen LogP contribution in [0.25, 0.3) is 6.08 Å². The van der Waals surface area contributed by atoms with Gasteiger partial charge < -0.3 is 24.2 Å². The molecular weight excluding hydrogens is 430 g/mol. The first-order valence-electron chi connectivity index (χ1n) is 11.6. The summed E-state index contributed by atoms with van der Waals surface area (Å²) in [7, 11) is 1.59. The molecular formula is C27H31N3O4. The molecule has 0 aliphatic carbocycles. The molecule has 0 spiro atoms. The maximum Gasteiger partial charge on any atom is 0.248 e. The van der Waals surface area contributed by atoms with Crippen LogP contribution in [0.1, 0.15) is 41.8 Å². The van der Waals surface area contributed by atoms with E-state index in [0.717, 1.165) is 47.0 Å². The molecule has 3 aromatic rings. The second kappa shape index (κ2) is 10.9. The first kappa shape index (κ1) is 23.4. The van der Waals surface area contributed by atoms with Gasteiger partial charge in [0.25, 0.3) is 0 Å². The second-order valence-electron chi connectivity index (χ2n) is 8.39. The van der Waals surface area contributed by atoms with Gasteiger partial charge in [0.05, 0.1) is 29.7 Å². The van der Waals surface area contributed by atoms with Crippen LogP contribution in [-0.4, -0.2) is 31.3 Å². The van der Waals surface area contributed by atoms with Gasteiger partial charge in [0.1, 0.15) is 12.4 Å². The average molecular weight is 462 g/mol. The minimum atomic E-state index is -0.179. The van der Waals surface area contributed by atoms with Crippen molar-refractivity contribution in [3.05, 3.63) is 71.1 Å². The van der Waals surface area contributed by atoms with Gasteiger partial charge in [-0.3, -0.25) is 4.79 Å². The summed E-state index contributed by atoms with van der Waals surface area (Å²) in [6, 6.07) is 13.5. The fourth-order valence-corrected chi connectivity index (χ4v) is 4.10. The molecule has 1 aromatic heterocycles. The van der Waals surface area contributed by atoms with Crippen LogP contribution in [0, 0.1) is 13.8 Å². The Kier molecular flexibility index (Phi) is 7.52. The van der Waals surface area contributed by atoms with Gasteiger partial charge in [-0.05, 0) is 69.0 Å². The van der Waals surface area contributed by atoms with Crippen molar-refractivity contribution in [2.24, 2.45) is 0 Å². The third-order valence-electron chi connectivity index (χ3n) is 6.03. The number of nitrogens with one attached hydrogen (secondary N) is 1. The molecule has 178 valence electrons. The lowest BCUT2D eigenvalue weighted by molar-refractivity contribution is -0.111. The summed E-state index contributed by atoms with van der Waals surface area (Å²) in [5.74, 6) is 1.76. The highest BCUT2D eigenvalue weighted by Gasteiger charge is 2.15. The fourth-order valence-electron chi connectivity index (χ4n) is 4.10. The topological polar surface area (TPSA) is 76.8 Å². The van der Waals surface area contributed by atoms with Crippen LogP contribution in [0.5, 0.6) is 11.5 Å². The maximum atomic E-state index is 12.7. The van der Waals surface area contributed by atoms with E-state index in [1.54, 1.807) is 13.2 Å². The molecule has 0 bridgehead atoms. The Morgan fingerprint density at radius 3 is 2.65 bits per heavy atom. The van der Waals surface area contributed by atoms with E-state index in [1.807, 2.05) is 50.2 Å². The summed E-state index contributed by atoms with van der Waals surface area (Å²) in [6.07, 6.45) is 6.93. The normalized spacial score (nSPS) is 13.8. The van der Waals surface area contributed by atoms with Crippen LogP contribution in [0.15, 0.2) is 53.1 Å². The number of methoxy groups -OCH3 is 1. The summed E-state index contributed by atoms with van der Waals surface area (Å²) < 4.78 is 16.6. The lowest BCUT2D eigenvalue weighted by Gasteiger charge is -2.30. The largest absolute Gasteiger partial charge is 0.493 e. The molecule has 1 aliphatic heterocycles. The number of anilines is 2. The van der Waals surface area contributed by atoms with Crippen molar-refractivity contribution >= 4 is 23.4 Å². The summed E-state index contributed by atoms with van der Waals surface area (Å²) in [5, 5.41) is 6.98. The van der Waals surface area contributed by atoms with Crippen LogP contribution >= 0.6 is 0 Å². The van der Waals surface area contributed by atoms with Crippen LogP contribution in [0.4, 0.5) is 11.4 Å². The quantitative estimate of drug-likeness (QED) is 0.445. The molecule has 0 atom stereocenters. The molecule has 0 saturated carbocycles. The van der Waals surface area contributed by atoms with Crippen LogP contribution in [0.2, 0.25) is 0 Å². The number of para-hydroxylation sites is 2. The van der Waals surface area contributed by atoms with Gasteiger partial charge in [-0.25, -0.2) is 0 Å². The van der Waals surface area contributed by atoms with Crippen LogP contribution in [0.3, 0.4) is 0 Å². The Balaban J connectivity index is 1.41. The number of carbonyl (C=O) groups is 1. The van der Waals surface area contributed by atoms with E-state index < -0.39 is 0 Å². The predicted octanol–water partition coefficient (Wildman–Crippen LogP) is 5.52. The standard InChI is InChI=1S/C27H31N3O4/c1-19-22(20(2)34-29-19)18-33-25-13-11-21(17-26(25)32-3)12-14-27(31)28-23-9-5-6-10-24(23)30-15-7-4-8-16-30/h5-6,9-14,17H,4,7-8,15-16,18H2,1-3H3,(H,28,31). The number of nitrogens with zero attached hydrogens (tertiary/aromatic N) is 2. The third kappa shape index (κ3) is 5.60. The first-order chi connectivity index (χ1) is 16.5. The van der Waals surface area contributed by atoms with Crippen molar-refractivity contribution in [2.75, 3.05) is 30.4 Å². The smallest absolute Gasteiger partial charge is 0.248 e. The van der Waals surface area contributed by atoms with Crippen molar-refractivity contribution in [3.63, 3.8) is 0 Å². The lowest BCUT2D eigenvalue weighted by Crippen LogP contribution is -2.30. The minimum absolute atomic E-state index is 0.179. The van der Waals surface area contributed by atoms with E-state index in [0.29, 0.717) is 18.1 Å². The molecule has 7 nitrogen and oxygen atoms in total. The Morgan fingerprint density at radius 1 is 1.12 bits per heavy atom. The van der Waals surface area contributed by atoms with Gasteiger partial charge in [0, 0.05) is 19.2 Å². The van der Waals surface area contributed by atoms with E-state index >= 15 is 0 Å². The number of hydrogen-bond donors (Lipinski definition) is 1. The van der Waals surface area contributed by atoms with Crippen molar-refractivity contribution in [1.82, 2.24) is 5.16 Å². The van der Waals surface area contributed by atoms with Gasteiger partial charge in [-0.15, -0.1) is 0 Å². The van der Waals surface area contributed by atoms with Crippen molar-refractivity contribution in [3.8, 4) is 11.5 Å². The summed E-state index contributed by atoms with van der Waals surface area (Å²) in [6.45, 7) is 6.13. The number of carbonyl (C=O) groups excluding carboxylic acids is 1. The number of amides is 1. The summed E-state index contributed by atoms with van der Waals surface area (Å²) in [5.41, 5.74) is 4.47. The highest BCUT2D eigenvalue weighted by Crippen LogP contribution is 2.31. The fraction of sp³-hybridized carbons (Fsp3) is 0.333. The van der Waals surface area contributed by atoms with E-state index in [-0.39, 0.29) is 5.91 Å². The molecule has 2 aromatic carbocycles. The Bertz CT molecular complexity index is 1140. The number of aryl methyl sites for hydroxylation is 2. The van der Waals surface area contributed by atoms with Gasteiger partial charge in [-0.2, -0.15) is 0 Å². The maximum absolute atomic E-state index is 12.7. The summed E-state index contributed by atoms with van der Waals surface area (Å²) >= 11 is 0. The third-order valence-corrected chi connectivity index (χ3v) is 6.03. The van der Waals surface area contributed by atoms with Crippen molar-refractivity contribution in [1.29, 1.82) is 0 Å². The SMILES string of the molecule is COc1cc(C=CC(=O)Nc2ccccc2N2CCCCC2)ccc1OCc1c(C)noc1C. The first-order valence-corrected chi connectivity index (χ1v) is 11.6. The van der Waals surface area contributed by atoms with E-state index in [4.69, 9.17) is 14.0 Å². The molecule has 7 heteroatoms. The number of hydrogen-bond acceptors (Lipinski definition) is 6. The number of piperidine rings is 1. The van der Waals surface area contributed by atoms with Crippen LogP contribution in [-0.2, 0) is 11.4 Å². The predicted molar refractivity (Wildman–Crippen MR) is 133 cm³/mol. The van der Waals surface area contributed by atoms with Gasteiger partial charge in [0.15, 0.2) is 11.5 Å². The highest BCUT2D eigenvalue weighted by atomic mass is 16.5. The number of ether oxygens (including phenoxy) is 2. The molecule has 1 saturated heterocycles. The van der Waals surface area contributed by atoms with Crippen molar-refractivity contribution < 1.29 is 18.8 Å². The van der Waals surface area contributed by atoms with E-state index in [9.17, 15) is 4.79 Å². The molecule has 1 N–H and O–H groups in total. The molecule has 0 unspecified atom stereocenters. The molecule has 0 radical (unpaired) electrons. The molecule has 1 aliphatic rings. The average Bonchev–Trinajstić information content (AvgIpc) is 3.19. The number of rotatable bonds is 8.